The number of fused-ring (bicyclic) bond motifs is 1. The number of thiazole rings is 1. The molecule has 3 rings (SSSR count). The third-order valence-corrected chi connectivity index (χ3v) is 5.24. The van der Waals surface area contributed by atoms with E-state index in [1.54, 1.807) is 0 Å². The zero-order valence-electron chi connectivity index (χ0n) is 14.4. The van der Waals surface area contributed by atoms with Gasteiger partial charge in [-0.3, -0.25) is 9.59 Å². The van der Waals surface area contributed by atoms with Gasteiger partial charge < -0.3 is 10.6 Å². The summed E-state index contributed by atoms with van der Waals surface area (Å²) in [6.45, 7) is -0.199. The van der Waals surface area contributed by atoms with Crippen molar-refractivity contribution in [1.82, 2.24) is 15.6 Å². The van der Waals surface area contributed by atoms with Gasteiger partial charge in [-0.25, -0.2) is 4.98 Å². The van der Waals surface area contributed by atoms with E-state index in [1.807, 2.05) is 12.1 Å². The topological polar surface area (TPSA) is 94.9 Å². The lowest BCUT2D eigenvalue weighted by molar-refractivity contribution is -0.125. The molecule has 7 heteroatoms. The number of nitrogens with one attached hydrogen (secondary N) is 2. The van der Waals surface area contributed by atoms with Gasteiger partial charge in [-0.2, -0.15) is 5.26 Å². The van der Waals surface area contributed by atoms with Crippen molar-refractivity contribution in [3.8, 4) is 6.07 Å². The summed E-state index contributed by atoms with van der Waals surface area (Å²) in [5, 5.41) is 14.0. The van der Waals surface area contributed by atoms with E-state index >= 15 is 0 Å². The number of carbonyl (C=O) groups excluding carboxylic acids is 2. The summed E-state index contributed by atoms with van der Waals surface area (Å²) in [4.78, 5) is 27.9. The molecule has 0 saturated carbocycles. The van der Waals surface area contributed by atoms with Crippen LogP contribution in [0.25, 0.3) is 15.8 Å². The molecule has 1 aliphatic rings. The predicted molar refractivity (Wildman–Crippen MR) is 101 cm³/mol. The second-order valence-corrected chi connectivity index (χ2v) is 7.27. The van der Waals surface area contributed by atoms with Crippen LogP contribution in [0.3, 0.4) is 0 Å². The molecule has 0 fully saturated rings. The maximum absolute atomic E-state index is 12.0. The summed E-state index contributed by atoms with van der Waals surface area (Å²) < 4.78 is 1.07. The first-order chi connectivity index (χ1) is 12.7. The highest BCUT2D eigenvalue weighted by Gasteiger charge is 2.12. The molecule has 134 valence electrons. The molecular formula is C19H20N4O2S. The molecule has 0 bridgehead atoms. The van der Waals surface area contributed by atoms with E-state index in [4.69, 9.17) is 5.26 Å². The number of benzene rings is 1. The third kappa shape index (κ3) is 4.67. The standard InChI is InChI=1S/C19H20N4O2S/c20-8-9-21-18(25)12-22-17(24)11-19-23-15-7-6-14(10-16(15)26-19)13-4-2-1-3-5-13/h4,6-7,10H,1-3,5,9,11-12H2,(H,21,25)(H,22,24). The zero-order chi connectivity index (χ0) is 18.4. The highest BCUT2D eigenvalue weighted by Crippen LogP contribution is 2.31. The zero-order valence-corrected chi connectivity index (χ0v) is 15.2. The van der Waals surface area contributed by atoms with Gasteiger partial charge in [0.15, 0.2) is 0 Å². The van der Waals surface area contributed by atoms with Crippen LogP contribution in [0.5, 0.6) is 0 Å². The van der Waals surface area contributed by atoms with Crippen molar-refractivity contribution in [2.24, 2.45) is 0 Å². The average Bonchev–Trinajstić information content (AvgIpc) is 3.06. The molecule has 2 N–H and O–H groups in total. The van der Waals surface area contributed by atoms with Gasteiger partial charge in [0.2, 0.25) is 11.8 Å². The van der Waals surface area contributed by atoms with Gasteiger partial charge in [0.1, 0.15) is 11.6 Å². The number of rotatable bonds is 6. The van der Waals surface area contributed by atoms with Crippen molar-refractivity contribution in [1.29, 1.82) is 5.26 Å². The number of hydrogen-bond donors (Lipinski definition) is 2. The Labute approximate surface area is 155 Å². The highest BCUT2D eigenvalue weighted by molar-refractivity contribution is 7.18. The van der Waals surface area contributed by atoms with Crippen LogP contribution in [0.4, 0.5) is 0 Å². The molecule has 2 amide bonds. The second-order valence-electron chi connectivity index (χ2n) is 6.15. The van der Waals surface area contributed by atoms with Gasteiger partial charge >= 0.3 is 0 Å². The summed E-state index contributed by atoms with van der Waals surface area (Å²) in [7, 11) is 0. The molecule has 26 heavy (non-hydrogen) atoms. The number of nitrogens with zero attached hydrogens (tertiary/aromatic N) is 2. The van der Waals surface area contributed by atoms with Gasteiger partial charge in [0.25, 0.3) is 0 Å². The number of carbonyl (C=O) groups is 2. The van der Waals surface area contributed by atoms with E-state index in [-0.39, 0.29) is 31.3 Å². The maximum atomic E-state index is 12.0. The Morgan fingerprint density at radius 3 is 2.88 bits per heavy atom. The molecule has 0 aliphatic heterocycles. The maximum Gasteiger partial charge on any atom is 0.240 e. The van der Waals surface area contributed by atoms with Crippen LogP contribution in [0.2, 0.25) is 0 Å². The summed E-state index contributed by atoms with van der Waals surface area (Å²) in [5.74, 6) is -0.638. The molecular weight excluding hydrogens is 348 g/mol. The van der Waals surface area contributed by atoms with Crippen molar-refractivity contribution in [3.63, 3.8) is 0 Å². The number of aromatic nitrogens is 1. The quantitative estimate of drug-likeness (QED) is 0.766. The van der Waals surface area contributed by atoms with E-state index in [1.165, 1.54) is 35.3 Å². The van der Waals surface area contributed by atoms with Crippen molar-refractivity contribution in [2.75, 3.05) is 13.1 Å². The summed E-state index contributed by atoms with van der Waals surface area (Å²) >= 11 is 1.51. The molecule has 1 aromatic carbocycles. The third-order valence-electron chi connectivity index (χ3n) is 4.22. The fourth-order valence-corrected chi connectivity index (χ4v) is 3.93. The number of amides is 2. The van der Waals surface area contributed by atoms with Gasteiger partial charge in [-0.1, -0.05) is 12.1 Å². The molecule has 0 saturated heterocycles. The molecule has 1 heterocycles. The number of nitriles is 1. The Balaban J connectivity index is 1.62. The van der Waals surface area contributed by atoms with Crippen LogP contribution in [0, 0.1) is 11.3 Å². The van der Waals surface area contributed by atoms with Crippen LogP contribution in [-0.2, 0) is 16.0 Å². The Morgan fingerprint density at radius 2 is 2.12 bits per heavy atom. The van der Waals surface area contributed by atoms with Gasteiger partial charge in [-0.15, -0.1) is 11.3 Å². The fourth-order valence-electron chi connectivity index (χ4n) is 2.93. The molecule has 0 spiro atoms. The largest absolute Gasteiger partial charge is 0.347 e. The molecule has 0 atom stereocenters. The summed E-state index contributed by atoms with van der Waals surface area (Å²) in [6, 6.07) is 8.07. The van der Waals surface area contributed by atoms with E-state index in [0.29, 0.717) is 0 Å². The molecule has 1 aromatic heterocycles. The Kier molecular flexibility index (Phi) is 5.97. The highest BCUT2D eigenvalue weighted by atomic mass is 32.1. The minimum absolute atomic E-state index is 0.0641. The van der Waals surface area contributed by atoms with E-state index < -0.39 is 0 Å². The first kappa shape index (κ1) is 18.1. The summed E-state index contributed by atoms with van der Waals surface area (Å²) in [6.07, 6.45) is 7.22. The molecule has 0 radical (unpaired) electrons. The SMILES string of the molecule is N#CCNC(=O)CNC(=O)Cc1nc2ccc(C3=CCCCC3)cc2s1. The normalized spacial score (nSPS) is 13.7. The minimum Gasteiger partial charge on any atom is -0.347 e. The summed E-state index contributed by atoms with van der Waals surface area (Å²) in [5.41, 5.74) is 3.53. The minimum atomic E-state index is -0.380. The van der Waals surface area contributed by atoms with Crippen LogP contribution < -0.4 is 10.6 Å². The van der Waals surface area contributed by atoms with E-state index in [9.17, 15) is 9.59 Å². The van der Waals surface area contributed by atoms with Crippen molar-refractivity contribution in [2.45, 2.75) is 32.1 Å². The van der Waals surface area contributed by atoms with Crippen molar-refractivity contribution in [3.05, 3.63) is 34.8 Å². The Bertz CT molecular complexity index is 895. The van der Waals surface area contributed by atoms with E-state index in [2.05, 4.69) is 33.8 Å². The first-order valence-corrected chi connectivity index (χ1v) is 9.46. The Morgan fingerprint density at radius 1 is 1.23 bits per heavy atom. The van der Waals surface area contributed by atoms with Crippen LogP contribution in [-0.4, -0.2) is 29.9 Å². The second kappa shape index (κ2) is 8.59. The molecule has 1 aliphatic carbocycles. The lowest BCUT2D eigenvalue weighted by atomic mass is 9.94. The predicted octanol–water partition coefficient (Wildman–Crippen LogP) is 2.55. The molecule has 6 nitrogen and oxygen atoms in total. The number of allylic oxidation sites excluding steroid dienone is 2. The molecule has 0 unspecified atom stereocenters. The van der Waals surface area contributed by atoms with Gasteiger partial charge in [0, 0.05) is 0 Å². The lowest BCUT2D eigenvalue weighted by Gasteiger charge is -2.12. The number of hydrogen-bond acceptors (Lipinski definition) is 5. The van der Waals surface area contributed by atoms with Crippen LogP contribution >= 0.6 is 11.3 Å². The lowest BCUT2D eigenvalue weighted by Crippen LogP contribution is -2.37. The van der Waals surface area contributed by atoms with Gasteiger partial charge in [-0.05, 0) is 49.0 Å². The van der Waals surface area contributed by atoms with E-state index in [0.717, 1.165) is 28.1 Å². The smallest absolute Gasteiger partial charge is 0.240 e. The monoisotopic (exact) mass is 368 g/mol. The van der Waals surface area contributed by atoms with Crippen LogP contribution in [0.1, 0.15) is 36.3 Å². The van der Waals surface area contributed by atoms with Crippen LogP contribution in [0.15, 0.2) is 24.3 Å². The first-order valence-electron chi connectivity index (χ1n) is 8.65. The molecule has 2 aromatic rings. The van der Waals surface area contributed by atoms with Gasteiger partial charge in [0.05, 0.1) is 29.3 Å². The fraction of sp³-hybridized carbons (Fsp3) is 0.368. The van der Waals surface area contributed by atoms with Crippen molar-refractivity contribution < 1.29 is 9.59 Å². The Hall–Kier alpha value is -2.72. The average molecular weight is 368 g/mol. The van der Waals surface area contributed by atoms with Crippen molar-refractivity contribution >= 4 is 38.9 Å².